The molecule has 0 spiro atoms. The van der Waals surface area contributed by atoms with E-state index >= 15 is 0 Å². The van der Waals surface area contributed by atoms with Crippen LogP contribution in [0, 0.1) is 0 Å². The molecule has 8 nitrogen and oxygen atoms in total. The molecular weight excluding hydrogens is 275 g/mol. The van der Waals surface area contributed by atoms with E-state index in [9.17, 15) is 14.4 Å². The monoisotopic (exact) mass is 284 g/mol. The van der Waals surface area contributed by atoms with Gasteiger partial charge in [0.2, 0.25) is 0 Å². The summed E-state index contributed by atoms with van der Waals surface area (Å²) in [5.41, 5.74) is -2.74. The molecule has 10 heteroatoms. The van der Waals surface area contributed by atoms with Crippen molar-refractivity contribution in [3.05, 3.63) is 0 Å². The summed E-state index contributed by atoms with van der Waals surface area (Å²) >= 11 is 0. The largest absolute Gasteiger partial charge is 1.00 e. The molecule has 0 unspecified atom stereocenters. The van der Waals surface area contributed by atoms with Crippen molar-refractivity contribution in [3.63, 3.8) is 0 Å². The third kappa shape index (κ3) is 9.48. The number of aliphatic carboxylic acids is 3. The van der Waals surface area contributed by atoms with Crippen LogP contribution in [0.3, 0.4) is 0 Å². The number of rotatable bonds is 5. The number of aliphatic hydroxyl groups is 1. The van der Waals surface area contributed by atoms with E-state index in [4.69, 9.17) is 20.4 Å². The van der Waals surface area contributed by atoms with Crippen LogP contribution in [0.4, 0.5) is 0 Å². The maximum Gasteiger partial charge on any atom is 1.00 e. The second-order valence-corrected chi connectivity index (χ2v) is 2.48. The van der Waals surface area contributed by atoms with Crippen LogP contribution in [0.25, 0.3) is 0 Å². The molecule has 0 rings (SSSR count). The van der Waals surface area contributed by atoms with Gasteiger partial charge in [-0.2, -0.15) is 0 Å². The Hall–Kier alpha value is 0.256. The average molecular weight is 285 g/mol. The number of halogens is 1. The van der Waals surface area contributed by atoms with E-state index in [1.807, 2.05) is 0 Å². The van der Waals surface area contributed by atoms with Gasteiger partial charge < -0.3 is 38.3 Å². The molecule has 16 heavy (non-hydrogen) atoms. The normalized spacial score (nSPS) is 8.81. The van der Waals surface area contributed by atoms with Crippen molar-refractivity contribution in [2.24, 2.45) is 0 Å². The zero-order valence-corrected chi connectivity index (χ0v) is 12.2. The van der Waals surface area contributed by atoms with Gasteiger partial charge in [0.1, 0.15) is 0 Å². The van der Waals surface area contributed by atoms with Crippen LogP contribution >= 0.6 is 0 Å². The van der Waals surface area contributed by atoms with Crippen LogP contribution < -0.4 is 63.8 Å². The summed E-state index contributed by atoms with van der Waals surface area (Å²) in [5.74, 6) is -5.02. The Morgan fingerprint density at radius 2 is 1.19 bits per heavy atom. The predicted molar refractivity (Wildman–Crippen MR) is 40.7 cm³/mol. The van der Waals surface area contributed by atoms with Gasteiger partial charge in [-0.1, -0.05) is 0 Å². The molecule has 0 aliphatic rings. The molecule has 0 aliphatic carbocycles. The molecule has 0 amide bonds. The average Bonchev–Trinajstić information content (AvgIpc) is 1.82. The minimum atomic E-state index is -2.74. The first-order valence-corrected chi connectivity index (χ1v) is 3.17. The third-order valence-corrected chi connectivity index (χ3v) is 1.29. The van der Waals surface area contributed by atoms with Crippen molar-refractivity contribution >= 4 is 17.9 Å². The van der Waals surface area contributed by atoms with Gasteiger partial charge in [-0.15, -0.1) is 0 Å². The minimum absolute atomic E-state index is 0. The number of hydrogen-bond acceptors (Lipinski definition) is 4. The maximum atomic E-state index is 10.3. The number of carboxylic acids is 3. The van der Waals surface area contributed by atoms with E-state index in [2.05, 4.69) is 0 Å². The van der Waals surface area contributed by atoms with E-state index in [-0.39, 0.29) is 69.3 Å². The quantitative estimate of drug-likeness (QED) is 0.364. The van der Waals surface area contributed by atoms with Crippen molar-refractivity contribution in [1.29, 1.82) is 0 Å². The Morgan fingerprint density at radius 1 is 0.938 bits per heavy atom. The van der Waals surface area contributed by atoms with Crippen LogP contribution in [0.2, 0.25) is 0 Å². The van der Waals surface area contributed by atoms with Gasteiger partial charge in [0.25, 0.3) is 0 Å². The van der Waals surface area contributed by atoms with E-state index in [0.717, 1.165) is 0 Å². The van der Waals surface area contributed by atoms with Gasteiger partial charge >= 0.3 is 69.3 Å². The summed E-state index contributed by atoms with van der Waals surface area (Å²) in [7, 11) is 0. The van der Waals surface area contributed by atoms with Crippen LogP contribution in [0.15, 0.2) is 0 Å². The van der Waals surface area contributed by atoms with Crippen molar-refractivity contribution in [2.45, 2.75) is 18.4 Å². The summed E-state index contributed by atoms with van der Waals surface area (Å²) in [6.45, 7) is 0. The third-order valence-electron chi connectivity index (χ3n) is 1.29. The molecule has 0 saturated heterocycles. The topological polar surface area (TPSA) is 164 Å². The molecule has 0 atom stereocenters. The summed E-state index contributed by atoms with van der Waals surface area (Å²) in [5, 5.41) is 33.8. The Labute approximate surface area is 139 Å². The molecule has 0 aromatic heterocycles. The molecule has 0 bridgehead atoms. The van der Waals surface area contributed by atoms with E-state index in [1.165, 1.54) is 0 Å². The zero-order valence-electron chi connectivity index (χ0n) is 8.31. The minimum Gasteiger partial charge on any atom is -1.00 e. The van der Waals surface area contributed by atoms with Gasteiger partial charge in [-0.25, -0.2) is 4.79 Å². The number of carbonyl (C=O) groups is 3. The molecule has 0 aromatic carbocycles. The SMILES string of the molecule is O.O=C(O)CC(O)(CC(=O)O)C(=O)O.[Cl-].[K+]. The Balaban J connectivity index is -0.000000240. The van der Waals surface area contributed by atoms with Crippen molar-refractivity contribution in [2.75, 3.05) is 0 Å². The summed E-state index contributed by atoms with van der Waals surface area (Å²) < 4.78 is 0. The van der Waals surface area contributed by atoms with Gasteiger partial charge in [-0.05, 0) is 0 Å². The molecule has 0 fully saturated rings. The van der Waals surface area contributed by atoms with Crippen LogP contribution in [0.5, 0.6) is 0 Å². The smallest absolute Gasteiger partial charge is 1.00 e. The number of carboxylic acid groups (broad SMARTS) is 3. The van der Waals surface area contributed by atoms with E-state index in [1.54, 1.807) is 0 Å². The zero-order chi connectivity index (χ0) is 10.6. The van der Waals surface area contributed by atoms with Gasteiger partial charge in [0, 0.05) is 0 Å². The fourth-order valence-corrected chi connectivity index (χ4v) is 0.714. The van der Waals surface area contributed by atoms with Crippen LogP contribution in [-0.2, 0) is 14.4 Å². The molecular formula is C6H10ClKO8. The van der Waals surface area contributed by atoms with Crippen molar-refractivity contribution < 1.29 is 104 Å². The second-order valence-electron chi connectivity index (χ2n) is 2.48. The molecule has 0 heterocycles. The number of hydrogen-bond donors (Lipinski definition) is 4. The van der Waals surface area contributed by atoms with E-state index < -0.39 is 36.4 Å². The Kier molecular flexibility index (Phi) is 16.4. The summed E-state index contributed by atoms with van der Waals surface area (Å²) in [4.78, 5) is 30.5. The van der Waals surface area contributed by atoms with Gasteiger partial charge in [-0.3, -0.25) is 9.59 Å². The van der Waals surface area contributed by atoms with Crippen LogP contribution in [-0.4, -0.2) is 49.4 Å². The molecule has 6 N–H and O–H groups in total. The first kappa shape index (κ1) is 25.2. The molecule has 0 aromatic rings. The van der Waals surface area contributed by atoms with Crippen molar-refractivity contribution in [3.8, 4) is 0 Å². The van der Waals surface area contributed by atoms with Gasteiger partial charge in [0.15, 0.2) is 5.60 Å². The fourth-order valence-electron chi connectivity index (χ4n) is 0.714. The molecule has 0 aliphatic heterocycles. The fraction of sp³-hybridized carbons (Fsp3) is 0.500. The predicted octanol–water partition coefficient (Wildman–Crippen LogP) is -8.07. The Morgan fingerprint density at radius 3 is 1.31 bits per heavy atom. The first-order valence-electron chi connectivity index (χ1n) is 3.17. The molecule has 0 radical (unpaired) electrons. The van der Waals surface area contributed by atoms with Crippen LogP contribution in [0.1, 0.15) is 12.8 Å². The molecule has 90 valence electrons. The first-order chi connectivity index (χ1) is 5.78. The Bertz CT molecular complexity index is 239. The summed E-state index contributed by atoms with van der Waals surface area (Å²) in [6, 6.07) is 0. The van der Waals surface area contributed by atoms with Gasteiger partial charge in [0.05, 0.1) is 12.8 Å². The van der Waals surface area contributed by atoms with Crippen molar-refractivity contribution in [1.82, 2.24) is 0 Å². The maximum absolute atomic E-state index is 10.3. The second kappa shape index (κ2) is 10.4. The molecule has 0 saturated carbocycles. The summed E-state index contributed by atoms with van der Waals surface area (Å²) in [6.07, 6.45) is -2.29. The van der Waals surface area contributed by atoms with E-state index in [0.29, 0.717) is 0 Å². The standard InChI is InChI=1S/C6H8O7.ClH.K.H2O/c7-3(8)1-6(13,5(11)12)2-4(9)10;;;/h13H,1-2H2,(H,7,8)(H,9,10)(H,11,12);1H;;1H2/q;;+1;/p-1.